The van der Waals surface area contributed by atoms with E-state index in [9.17, 15) is 4.79 Å². The second-order valence-corrected chi connectivity index (χ2v) is 5.89. The van der Waals surface area contributed by atoms with Crippen LogP contribution in [0.5, 0.6) is 0 Å². The molecule has 0 radical (unpaired) electrons. The number of carbonyl (C=O) groups is 1. The summed E-state index contributed by atoms with van der Waals surface area (Å²) in [5.41, 5.74) is 7.94. The van der Waals surface area contributed by atoms with Crippen molar-refractivity contribution in [2.24, 2.45) is 5.92 Å². The zero-order valence-corrected chi connectivity index (χ0v) is 13.2. The third-order valence-electron chi connectivity index (χ3n) is 4.13. The van der Waals surface area contributed by atoms with Crippen LogP contribution in [0.3, 0.4) is 0 Å². The van der Waals surface area contributed by atoms with Crippen LogP contribution in [0.4, 0.5) is 5.82 Å². The van der Waals surface area contributed by atoms with Gasteiger partial charge in [-0.2, -0.15) is 5.10 Å². The van der Waals surface area contributed by atoms with Crippen LogP contribution in [-0.4, -0.2) is 35.3 Å². The number of anilines is 1. The third-order valence-corrected chi connectivity index (χ3v) is 4.13. The molecule has 23 heavy (non-hydrogen) atoms. The lowest BCUT2D eigenvalue weighted by atomic mass is 10.1. The summed E-state index contributed by atoms with van der Waals surface area (Å²) in [6, 6.07) is 11.7. The second-order valence-electron chi connectivity index (χ2n) is 5.89. The number of hydrogen-bond donors (Lipinski definition) is 3. The van der Waals surface area contributed by atoms with Crippen LogP contribution in [0, 0.1) is 5.92 Å². The number of aryl methyl sites for hydroxylation is 1. The number of rotatable bonds is 6. The van der Waals surface area contributed by atoms with Crippen molar-refractivity contribution in [2.75, 3.05) is 25.4 Å². The Hall–Kier alpha value is -2.34. The fraction of sp³-hybridized carbons (Fsp3) is 0.412. The van der Waals surface area contributed by atoms with Gasteiger partial charge in [-0.3, -0.25) is 4.79 Å². The van der Waals surface area contributed by atoms with Crippen molar-refractivity contribution in [1.82, 2.24) is 20.4 Å². The number of aromatic nitrogens is 2. The number of hydrogen-bond acceptors (Lipinski definition) is 4. The summed E-state index contributed by atoms with van der Waals surface area (Å²) >= 11 is 0. The van der Waals surface area contributed by atoms with Crippen molar-refractivity contribution in [2.45, 2.75) is 19.3 Å². The van der Waals surface area contributed by atoms with Crippen LogP contribution < -0.4 is 16.4 Å². The maximum absolute atomic E-state index is 11.9. The van der Waals surface area contributed by atoms with Crippen molar-refractivity contribution in [3.63, 3.8) is 0 Å². The second kappa shape index (κ2) is 7.28. The van der Waals surface area contributed by atoms with Gasteiger partial charge in [0.15, 0.2) is 0 Å². The molecule has 2 heterocycles. The van der Waals surface area contributed by atoms with Gasteiger partial charge in [-0.05, 0) is 37.9 Å². The Balaban J connectivity index is 1.48. The van der Waals surface area contributed by atoms with E-state index in [2.05, 4.69) is 15.7 Å². The van der Waals surface area contributed by atoms with Crippen LogP contribution in [0.15, 0.2) is 36.4 Å². The van der Waals surface area contributed by atoms with E-state index >= 15 is 0 Å². The maximum Gasteiger partial charge on any atom is 0.224 e. The molecular formula is C17H23N5O. The van der Waals surface area contributed by atoms with Gasteiger partial charge in [0.05, 0.1) is 17.3 Å². The summed E-state index contributed by atoms with van der Waals surface area (Å²) in [6.45, 7) is 2.41. The van der Waals surface area contributed by atoms with E-state index in [0.717, 1.165) is 43.7 Å². The zero-order valence-electron chi connectivity index (χ0n) is 13.2. The first-order chi connectivity index (χ1) is 11.2. The first-order valence-corrected chi connectivity index (χ1v) is 8.12. The highest BCUT2D eigenvalue weighted by molar-refractivity contribution is 5.79. The summed E-state index contributed by atoms with van der Waals surface area (Å²) in [5.74, 6) is 0.916. The Bertz CT molecular complexity index is 646. The highest BCUT2D eigenvalue weighted by Gasteiger charge is 2.21. The van der Waals surface area contributed by atoms with Gasteiger partial charge in [0.1, 0.15) is 5.82 Å². The predicted molar refractivity (Wildman–Crippen MR) is 90.3 cm³/mol. The highest BCUT2D eigenvalue weighted by atomic mass is 16.1. The average Bonchev–Trinajstić information content (AvgIpc) is 3.22. The fourth-order valence-corrected chi connectivity index (χ4v) is 2.85. The van der Waals surface area contributed by atoms with E-state index in [1.807, 2.05) is 36.4 Å². The molecule has 2 aromatic rings. The molecule has 1 aromatic carbocycles. The molecule has 1 amide bonds. The molecular weight excluding hydrogens is 290 g/mol. The molecule has 1 aliphatic heterocycles. The fourth-order valence-electron chi connectivity index (χ4n) is 2.85. The van der Waals surface area contributed by atoms with Crippen molar-refractivity contribution in [3.8, 4) is 5.69 Å². The van der Waals surface area contributed by atoms with Crippen LogP contribution in [0.25, 0.3) is 5.69 Å². The Morgan fingerprint density at radius 2 is 2.22 bits per heavy atom. The van der Waals surface area contributed by atoms with Crippen LogP contribution >= 0.6 is 0 Å². The molecule has 0 aliphatic carbocycles. The molecule has 1 atom stereocenters. The van der Waals surface area contributed by atoms with Crippen molar-refractivity contribution < 1.29 is 4.79 Å². The van der Waals surface area contributed by atoms with E-state index in [-0.39, 0.29) is 11.8 Å². The largest absolute Gasteiger partial charge is 0.384 e. The third kappa shape index (κ3) is 3.90. The number of benzene rings is 1. The lowest BCUT2D eigenvalue weighted by Crippen LogP contribution is -2.32. The summed E-state index contributed by atoms with van der Waals surface area (Å²) in [7, 11) is 0. The number of nitrogens with zero attached hydrogens (tertiary/aromatic N) is 2. The zero-order chi connectivity index (χ0) is 16.1. The topological polar surface area (TPSA) is 85.0 Å². The average molecular weight is 313 g/mol. The standard InChI is InChI=1S/C17H23N5O/c18-16-11-14(21-22(16)15-6-2-1-3-7-15)5-4-9-20-17(23)13-8-10-19-12-13/h1-3,6-7,11,13,19H,4-5,8-10,12,18H2,(H,20,23). The van der Waals surface area contributed by atoms with Crippen molar-refractivity contribution in [3.05, 3.63) is 42.1 Å². The lowest BCUT2D eigenvalue weighted by molar-refractivity contribution is -0.124. The predicted octanol–water partition coefficient (Wildman–Crippen LogP) is 1.11. The van der Waals surface area contributed by atoms with Gasteiger partial charge in [0.2, 0.25) is 5.91 Å². The summed E-state index contributed by atoms with van der Waals surface area (Å²) in [4.78, 5) is 11.9. The van der Waals surface area contributed by atoms with Gasteiger partial charge in [-0.25, -0.2) is 4.68 Å². The van der Waals surface area contributed by atoms with Gasteiger partial charge in [0.25, 0.3) is 0 Å². The van der Waals surface area contributed by atoms with Crippen LogP contribution in [-0.2, 0) is 11.2 Å². The van der Waals surface area contributed by atoms with Crippen molar-refractivity contribution in [1.29, 1.82) is 0 Å². The molecule has 6 heteroatoms. The molecule has 3 rings (SSSR count). The summed E-state index contributed by atoms with van der Waals surface area (Å²) in [6.07, 6.45) is 2.59. The first kappa shape index (κ1) is 15.6. The van der Waals surface area contributed by atoms with E-state index in [1.165, 1.54) is 0 Å². The Morgan fingerprint density at radius 3 is 2.96 bits per heavy atom. The molecule has 1 aliphatic rings. The molecule has 0 saturated carbocycles. The molecule has 0 bridgehead atoms. The lowest BCUT2D eigenvalue weighted by Gasteiger charge is -2.09. The van der Waals surface area contributed by atoms with Crippen LogP contribution in [0.1, 0.15) is 18.5 Å². The molecule has 122 valence electrons. The molecule has 1 unspecified atom stereocenters. The molecule has 1 aromatic heterocycles. The van der Waals surface area contributed by atoms with Gasteiger partial charge >= 0.3 is 0 Å². The molecule has 1 fully saturated rings. The number of para-hydroxylation sites is 1. The number of nitrogens with two attached hydrogens (primary N) is 1. The quantitative estimate of drug-likeness (QED) is 0.698. The normalized spacial score (nSPS) is 17.3. The van der Waals surface area contributed by atoms with Gasteiger partial charge in [-0.15, -0.1) is 0 Å². The van der Waals surface area contributed by atoms with E-state index in [1.54, 1.807) is 4.68 Å². The van der Waals surface area contributed by atoms with E-state index in [0.29, 0.717) is 12.4 Å². The smallest absolute Gasteiger partial charge is 0.224 e. The highest BCUT2D eigenvalue weighted by Crippen LogP contribution is 2.15. The number of nitrogens with one attached hydrogen (secondary N) is 2. The minimum Gasteiger partial charge on any atom is -0.384 e. The Morgan fingerprint density at radius 1 is 1.39 bits per heavy atom. The van der Waals surface area contributed by atoms with Gasteiger partial charge in [-0.1, -0.05) is 18.2 Å². The minimum atomic E-state index is 0.128. The Labute approximate surface area is 136 Å². The van der Waals surface area contributed by atoms with Gasteiger partial charge < -0.3 is 16.4 Å². The number of nitrogen functional groups attached to an aromatic ring is 1. The van der Waals surface area contributed by atoms with Crippen LogP contribution in [0.2, 0.25) is 0 Å². The van der Waals surface area contributed by atoms with E-state index in [4.69, 9.17) is 5.73 Å². The minimum absolute atomic E-state index is 0.128. The SMILES string of the molecule is Nc1cc(CCCNC(=O)C2CCNC2)nn1-c1ccccc1. The maximum atomic E-state index is 11.9. The Kier molecular flexibility index (Phi) is 4.92. The molecule has 4 N–H and O–H groups in total. The monoisotopic (exact) mass is 313 g/mol. The summed E-state index contributed by atoms with van der Waals surface area (Å²) in [5, 5.41) is 10.8. The number of amides is 1. The number of carbonyl (C=O) groups excluding carboxylic acids is 1. The molecule has 1 saturated heterocycles. The summed E-state index contributed by atoms with van der Waals surface area (Å²) < 4.78 is 1.75. The van der Waals surface area contributed by atoms with Crippen molar-refractivity contribution >= 4 is 11.7 Å². The molecule has 6 nitrogen and oxygen atoms in total. The van der Waals surface area contributed by atoms with Gasteiger partial charge in [0, 0.05) is 19.2 Å². The van der Waals surface area contributed by atoms with E-state index < -0.39 is 0 Å². The first-order valence-electron chi connectivity index (χ1n) is 8.12. The molecule has 0 spiro atoms.